The zero-order valence-electron chi connectivity index (χ0n) is 4.57. The van der Waals surface area contributed by atoms with Crippen LogP contribution in [0.15, 0.2) is 0 Å². The molecule has 0 bridgehead atoms. The summed E-state index contributed by atoms with van der Waals surface area (Å²) in [6.45, 7) is 0. The Morgan fingerprint density at radius 2 is 0.571 bits per heavy atom. The third kappa shape index (κ3) is 546. The molecule has 0 rings (SSSR count). The zero-order chi connectivity index (χ0) is 0. The number of rotatable bonds is 0. The zero-order valence-corrected chi connectivity index (χ0v) is 6.96. The van der Waals surface area contributed by atoms with Crippen LogP contribution in [0.5, 0.6) is 0 Å². The summed E-state index contributed by atoms with van der Waals surface area (Å²) in [5, 5.41) is 0. The van der Waals surface area contributed by atoms with E-state index >= 15 is 0 Å². The number of hydrogen-bond donors (Lipinski definition) is 0. The van der Waals surface area contributed by atoms with E-state index in [1.165, 1.54) is 0 Å². The van der Waals surface area contributed by atoms with Crippen LogP contribution < -0.4 is 0 Å². The summed E-state index contributed by atoms with van der Waals surface area (Å²) in [5.74, 6) is 0. The molecule has 0 saturated carbocycles. The SMILES string of the molecule is O.[CH3-].[CH3-].[Ir].[NH2-].[NH2-].[NH2-]. The van der Waals surface area contributed by atoms with Gasteiger partial charge in [0.05, 0.1) is 0 Å². The predicted molar refractivity (Wildman–Crippen MR) is 32.3 cm³/mol. The van der Waals surface area contributed by atoms with Crippen molar-refractivity contribution in [2.75, 3.05) is 0 Å². The van der Waals surface area contributed by atoms with Gasteiger partial charge in [-0.2, -0.15) is 0 Å². The van der Waals surface area contributed by atoms with E-state index in [1.807, 2.05) is 0 Å². The minimum Gasteiger partial charge on any atom is -0.693 e. The molecule has 0 amide bonds. The largest absolute Gasteiger partial charge is 0.693 e. The first-order valence-electron chi connectivity index (χ1n) is 0. The molecule has 0 spiro atoms. The second-order valence-electron chi connectivity index (χ2n) is 0. The van der Waals surface area contributed by atoms with Crippen molar-refractivity contribution in [2.24, 2.45) is 0 Å². The third-order valence-corrected chi connectivity index (χ3v) is 0. The molecule has 4 nitrogen and oxygen atoms in total. The van der Waals surface area contributed by atoms with Gasteiger partial charge < -0.3 is 38.8 Å². The molecule has 1 radical (unpaired) electrons. The van der Waals surface area contributed by atoms with Crippen LogP contribution in [0.2, 0.25) is 0 Å². The summed E-state index contributed by atoms with van der Waals surface area (Å²) in [4.78, 5) is 0. The molecule has 5 heteroatoms. The third-order valence-electron chi connectivity index (χ3n) is 0. The Balaban J connectivity index is 0. The predicted octanol–water partition coefficient (Wildman–Crippen LogP) is 2.22. The van der Waals surface area contributed by atoms with Gasteiger partial charge in [-0.1, -0.05) is 0 Å². The van der Waals surface area contributed by atoms with Crippen LogP contribution in [-0.4, -0.2) is 5.48 Å². The van der Waals surface area contributed by atoms with Gasteiger partial charge >= 0.3 is 0 Å². The summed E-state index contributed by atoms with van der Waals surface area (Å²) < 4.78 is 0. The first-order valence-corrected chi connectivity index (χ1v) is 0. The van der Waals surface area contributed by atoms with Crippen LogP contribution in [0.25, 0.3) is 18.5 Å². The molecular weight excluding hydrogens is 274 g/mol. The molecule has 0 unspecified atom stereocenters. The van der Waals surface area contributed by atoms with Gasteiger partial charge in [0.1, 0.15) is 0 Å². The maximum Gasteiger partial charge on any atom is 0 e. The van der Waals surface area contributed by atoms with E-state index in [0.717, 1.165) is 0 Å². The fourth-order valence-corrected chi connectivity index (χ4v) is 0. The van der Waals surface area contributed by atoms with Crippen molar-refractivity contribution in [3.05, 3.63) is 33.3 Å². The molecule has 0 aliphatic heterocycles. The maximum absolute atomic E-state index is 0. The Morgan fingerprint density at radius 3 is 0.571 bits per heavy atom. The minimum absolute atomic E-state index is 0. The molecule has 0 aromatic carbocycles. The molecule has 7 heavy (non-hydrogen) atoms. The van der Waals surface area contributed by atoms with Crippen molar-refractivity contribution in [3.8, 4) is 0 Å². The number of hydrogen-bond acceptors (Lipinski definition) is 0. The first kappa shape index (κ1) is 1320. The van der Waals surface area contributed by atoms with Crippen molar-refractivity contribution < 1.29 is 25.6 Å². The molecule has 0 aliphatic carbocycles. The standard InChI is InChI=1S/2CH3.Ir.3H2N.H2O/h2*1H3;;4*1H2/q2*-1;;3*-1;. The summed E-state index contributed by atoms with van der Waals surface area (Å²) in [6, 6.07) is 0. The van der Waals surface area contributed by atoms with Gasteiger partial charge in [-0.05, 0) is 0 Å². The molecule has 0 aliphatic rings. The first-order chi connectivity index (χ1) is 0. The smallest absolute Gasteiger partial charge is 0 e. The fourth-order valence-electron chi connectivity index (χ4n) is 0. The van der Waals surface area contributed by atoms with Crippen LogP contribution in [0.3, 0.4) is 0 Å². The second kappa shape index (κ2) is 817. The Kier molecular flexibility index (Phi) is 154000. The average molecular weight is 288 g/mol. The van der Waals surface area contributed by atoms with E-state index < -0.39 is 0 Å². The molecule has 57 valence electrons. The maximum atomic E-state index is 0. The summed E-state index contributed by atoms with van der Waals surface area (Å²) in [6.07, 6.45) is 0. The van der Waals surface area contributed by atoms with E-state index in [-0.39, 0.29) is 58.9 Å². The van der Waals surface area contributed by atoms with Crippen LogP contribution in [0, 0.1) is 14.9 Å². The van der Waals surface area contributed by atoms with Gasteiger partial charge in [0, 0.05) is 20.1 Å². The Labute approximate surface area is 59.5 Å². The van der Waals surface area contributed by atoms with Crippen molar-refractivity contribution in [2.45, 2.75) is 0 Å². The Hall–Kier alpha value is 0.489. The van der Waals surface area contributed by atoms with Crippen LogP contribution in [-0.2, 0) is 20.1 Å². The minimum atomic E-state index is 0. The molecule has 0 heterocycles. The molecule has 8 N–H and O–H groups in total. The normalized spacial score (nSPS) is 0. The molecule has 0 saturated heterocycles. The average Bonchev–Trinajstić information content (AvgIpc) is 0. The van der Waals surface area contributed by atoms with Crippen molar-refractivity contribution in [1.29, 1.82) is 0 Å². The van der Waals surface area contributed by atoms with Gasteiger partial charge in [0.2, 0.25) is 0 Å². The Bertz CT molecular complexity index is 12.9. The van der Waals surface area contributed by atoms with Crippen LogP contribution in [0.1, 0.15) is 0 Å². The van der Waals surface area contributed by atoms with E-state index in [9.17, 15) is 0 Å². The van der Waals surface area contributed by atoms with E-state index in [1.54, 1.807) is 0 Å². The van der Waals surface area contributed by atoms with E-state index in [4.69, 9.17) is 0 Å². The van der Waals surface area contributed by atoms with Gasteiger partial charge in [-0.3, -0.25) is 0 Å². The van der Waals surface area contributed by atoms with Gasteiger partial charge in [0.25, 0.3) is 0 Å². The summed E-state index contributed by atoms with van der Waals surface area (Å²) in [7, 11) is 0. The molecule has 0 aromatic rings. The van der Waals surface area contributed by atoms with Crippen molar-refractivity contribution >= 4 is 0 Å². The van der Waals surface area contributed by atoms with Crippen molar-refractivity contribution in [1.82, 2.24) is 0 Å². The molecule has 0 fully saturated rings. The quantitative estimate of drug-likeness (QED) is 0.605. The van der Waals surface area contributed by atoms with Crippen LogP contribution >= 0.6 is 0 Å². The molecule has 0 atom stereocenters. The molecule has 0 aromatic heterocycles. The van der Waals surface area contributed by atoms with Gasteiger partial charge in [-0.15, -0.1) is 0 Å². The second-order valence-corrected chi connectivity index (χ2v) is 0. The Morgan fingerprint density at radius 1 is 0.571 bits per heavy atom. The summed E-state index contributed by atoms with van der Waals surface area (Å²) in [5.41, 5.74) is 0. The monoisotopic (exact) mass is 289 g/mol. The van der Waals surface area contributed by atoms with Gasteiger partial charge in [0.15, 0.2) is 0 Å². The van der Waals surface area contributed by atoms with Gasteiger partial charge in [-0.25, -0.2) is 0 Å². The number of nitrogens with two attached hydrogens (primary N) is 3. The summed E-state index contributed by atoms with van der Waals surface area (Å²) >= 11 is 0. The topological polar surface area (TPSA) is 132 Å². The van der Waals surface area contributed by atoms with E-state index in [2.05, 4.69) is 0 Å². The van der Waals surface area contributed by atoms with Crippen molar-refractivity contribution in [3.63, 3.8) is 0 Å². The fraction of sp³-hybridized carbons (Fsp3) is 0. The van der Waals surface area contributed by atoms with Crippen LogP contribution in [0.4, 0.5) is 0 Å². The van der Waals surface area contributed by atoms with E-state index in [0.29, 0.717) is 0 Å². The molecular formula is C2H14IrN3O-5.